The molecule has 132 valence electrons. The summed E-state index contributed by atoms with van der Waals surface area (Å²) in [6.07, 6.45) is 2.17. The van der Waals surface area contributed by atoms with E-state index in [9.17, 15) is 9.18 Å². The lowest BCUT2D eigenvalue weighted by Gasteiger charge is -2.27. The summed E-state index contributed by atoms with van der Waals surface area (Å²) in [5.74, 6) is 0.653. The number of anilines is 2. The molecule has 3 heterocycles. The van der Waals surface area contributed by atoms with E-state index in [1.54, 1.807) is 18.2 Å². The van der Waals surface area contributed by atoms with Gasteiger partial charge in [-0.15, -0.1) is 10.2 Å². The van der Waals surface area contributed by atoms with E-state index >= 15 is 0 Å². The Kier molecular flexibility index (Phi) is 4.44. The standard InChI is InChI=1S/C17H14FN5O2S/c18-11-2-3-14-12(7-11)13(5-6-25-14)21-15-4-1-10(8-19-15)16(24)22-17-23-20-9-26-17/h1-4,7-9,13H,5-6H2,(H,19,21)(H,22,23,24). The fraction of sp³-hybridized carbons (Fsp3) is 0.176. The van der Waals surface area contributed by atoms with Crippen molar-refractivity contribution in [2.24, 2.45) is 0 Å². The highest BCUT2D eigenvalue weighted by atomic mass is 32.1. The maximum Gasteiger partial charge on any atom is 0.259 e. The quantitative estimate of drug-likeness (QED) is 0.732. The van der Waals surface area contributed by atoms with Crippen LogP contribution >= 0.6 is 11.3 Å². The van der Waals surface area contributed by atoms with Crippen LogP contribution in [0.4, 0.5) is 15.3 Å². The number of hydrogen-bond donors (Lipinski definition) is 2. The Morgan fingerprint density at radius 2 is 2.23 bits per heavy atom. The summed E-state index contributed by atoms with van der Waals surface area (Å²) >= 11 is 1.24. The predicted octanol–water partition coefficient (Wildman–Crippen LogP) is 3.26. The fourth-order valence-corrected chi connectivity index (χ4v) is 3.14. The van der Waals surface area contributed by atoms with Crippen molar-refractivity contribution < 1.29 is 13.9 Å². The third kappa shape index (κ3) is 3.47. The van der Waals surface area contributed by atoms with Crippen LogP contribution < -0.4 is 15.4 Å². The van der Waals surface area contributed by atoms with Gasteiger partial charge in [-0.3, -0.25) is 10.1 Å². The first kappa shape index (κ1) is 16.4. The van der Waals surface area contributed by atoms with Gasteiger partial charge >= 0.3 is 0 Å². The van der Waals surface area contributed by atoms with Gasteiger partial charge in [0.15, 0.2) is 0 Å². The van der Waals surface area contributed by atoms with Crippen molar-refractivity contribution in [2.45, 2.75) is 12.5 Å². The monoisotopic (exact) mass is 371 g/mol. The van der Waals surface area contributed by atoms with Crippen molar-refractivity contribution in [1.29, 1.82) is 0 Å². The zero-order chi connectivity index (χ0) is 17.9. The number of aromatic nitrogens is 3. The van der Waals surface area contributed by atoms with Gasteiger partial charge in [0, 0.05) is 18.2 Å². The predicted molar refractivity (Wildman–Crippen MR) is 95.0 cm³/mol. The zero-order valence-corrected chi connectivity index (χ0v) is 14.3. The summed E-state index contributed by atoms with van der Waals surface area (Å²) in [5.41, 5.74) is 2.70. The third-order valence-corrected chi connectivity index (χ3v) is 4.55. The average Bonchev–Trinajstić information content (AvgIpc) is 3.16. The Hall–Kier alpha value is -3.07. The number of nitrogens with one attached hydrogen (secondary N) is 2. The molecular formula is C17H14FN5O2S. The maximum atomic E-state index is 13.6. The summed E-state index contributed by atoms with van der Waals surface area (Å²) in [6, 6.07) is 7.75. The first-order valence-electron chi connectivity index (χ1n) is 7.91. The van der Waals surface area contributed by atoms with Gasteiger partial charge in [-0.1, -0.05) is 11.3 Å². The average molecular weight is 371 g/mol. The van der Waals surface area contributed by atoms with E-state index in [0.717, 1.165) is 5.56 Å². The molecule has 3 aromatic rings. The highest BCUT2D eigenvalue weighted by Gasteiger charge is 2.22. The van der Waals surface area contributed by atoms with Crippen molar-refractivity contribution >= 4 is 28.2 Å². The molecule has 4 rings (SSSR count). The van der Waals surface area contributed by atoms with Crippen LogP contribution in [0.15, 0.2) is 42.0 Å². The van der Waals surface area contributed by atoms with E-state index in [-0.39, 0.29) is 17.8 Å². The zero-order valence-electron chi connectivity index (χ0n) is 13.5. The second-order valence-corrected chi connectivity index (χ2v) is 6.48. The number of fused-ring (bicyclic) bond motifs is 1. The molecule has 2 N–H and O–H groups in total. The Labute approximate surface area is 152 Å². The summed E-state index contributed by atoms with van der Waals surface area (Å²) < 4.78 is 19.1. The Morgan fingerprint density at radius 1 is 1.31 bits per heavy atom. The van der Waals surface area contributed by atoms with Crippen LogP contribution in [0, 0.1) is 5.82 Å². The number of carbonyl (C=O) groups is 1. The normalized spacial score (nSPS) is 15.7. The molecule has 0 saturated heterocycles. The smallest absolute Gasteiger partial charge is 0.259 e. The molecule has 0 bridgehead atoms. The fourth-order valence-electron chi connectivity index (χ4n) is 2.70. The molecule has 1 aromatic carbocycles. The molecule has 0 radical (unpaired) electrons. The first-order chi connectivity index (χ1) is 12.7. The van der Waals surface area contributed by atoms with Crippen LogP contribution in [0.2, 0.25) is 0 Å². The van der Waals surface area contributed by atoms with Crippen LogP contribution in [0.25, 0.3) is 0 Å². The largest absolute Gasteiger partial charge is 0.493 e. The van der Waals surface area contributed by atoms with Gasteiger partial charge in [0.25, 0.3) is 5.91 Å². The van der Waals surface area contributed by atoms with Gasteiger partial charge in [0.05, 0.1) is 18.2 Å². The van der Waals surface area contributed by atoms with Crippen molar-refractivity contribution in [1.82, 2.24) is 15.2 Å². The number of pyridine rings is 1. The highest BCUT2D eigenvalue weighted by Crippen LogP contribution is 2.34. The molecule has 0 spiro atoms. The minimum atomic E-state index is -0.308. The second-order valence-electron chi connectivity index (χ2n) is 5.65. The van der Waals surface area contributed by atoms with E-state index in [1.807, 2.05) is 0 Å². The maximum absolute atomic E-state index is 13.6. The number of rotatable bonds is 4. The first-order valence-corrected chi connectivity index (χ1v) is 8.79. The Balaban J connectivity index is 1.47. The second kappa shape index (κ2) is 7.04. The van der Waals surface area contributed by atoms with Gasteiger partial charge < -0.3 is 10.1 Å². The summed E-state index contributed by atoms with van der Waals surface area (Å²) in [7, 11) is 0. The molecule has 1 amide bonds. The number of benzene rings is 1. The van der Waals surface area contributed by atoms with E-state index in [2.05, 4.69) is 25.8 Å². The molecule has 0 aliphatic carbocycles. The third-order valence-electron chi connectivity index (χ3n) is 3.94. The molecule has 0 saturated carbocycles. The number of amides is 1. The number of nitrogens with zero attached hydrogens (tertiary/aromatic N) is 3. The van der Waals surface area contributed by atoms with Gasteiger partial charge in [-0.25, -0.2) is 9.37 Å². The van der Waals surface area contributed by atoms with Crippen LogP contribution in [0.3, 0.4) is 0 Å². The Morgan fingerprint density at radius 3 is 3.00 bits per heavy atom. The van der Waals surface area contributed by atoms with Gasteiger partial charge in [0.1, 0.15) is 22.9 Å². The number of ether oxygens (including phenoxy) is 1. The van der Waals surface area contributed by atoms with Crippen molar-refractivity contribution in [3.05, 3.63) is 59.0 Å². The molecule has 1 aliphatic heterocycles. The van der Waals surface area contributed by atoms with Gasteiger partial charge in [0.2, 0.25) is 5.13 Å². The van der Waals surface area contributed by atoms with Crippen LogP contribution in [-0.2, 0) is 0 Å². The SMILES string of the molecule is O=C(Nc1nncs1)c1ccc(NC2CCOc3ccc(F)cc32)nc1. The van der Waals surface area contributed by atoms with Crippen LogP contribution in [0.5, 0.6) is 5.75 Å². The minimum absolute atomic E-state index is 0.108. The molecule has 1 unspecified atom stereocenters. The molecule has 1 atom stereocenters. The van der Waals surface area contributed by atoms with E-state index < -0.39 is 0 Å². The summed E-state index contributed by atoms with van der Waals surface area (Å²) in [6.45, 7) is 0.540. The van der Waals surface area contributed by atoms with Crippen LogP contribution in [-0.4, -0.2) is 27.7 Å². The topological polar surface area (TPSA) is 89.0 Å². The molecule has 1 aliphatic rings. The summed E-state index contributed by atoms with van der Waals surface area (Å²) in [5, 5.41) is 13.8. The lowest BCUT2D eigenvalue weighted by atomic mass is 10.0. The lowest BCUT2D eigenvalue weighted by Crippen LogP contribution is -2.21. The van der Waals surface area contributed by atoms with Crippen molar-refractivity contribution in [3.8, 4) is 5.75 Å². The number of hydrogen-bond acceptors (Lipinski definition) is 7. The van der Waals surface area contributed by atoms with E-state index in [1.165, 1.54) is 35.2 Å². The molecule has 2 aromatic heterocycles. The number of carbonyl (C=O) groups excluding carboxylic acids is 1. The van der Waals surface area contributed by atoms with E-state index in [0.29, 0.717) is 35.3 Å². The van der Waals surface area contributed by atoms with Crippen molar-refractivity contribution in [2.75, 3.05) is 17.2 Å². The minimum Gasteiger partial charge on any atom is -0.493 e. The molecule has 26 heavy (non-hydrogen) atoms. The van der Waals surface area contributed by atoms with Gasteiger partial charge in [-0.2, -0.15) is 0 Å². The van der Waals surface area contributed by atoms with Crippen LogP contribution in [0.1, 0.15) is 28.4 Å². The number of halogens is 1. The molecule has 7 nitrogen and oxygen atoms in total. The lowest BCUT2D eigenvalue weighted by molar-refractivity contribution is 0.102. The molecule has 0 fully saturated rings. The van der Waals surface area contributed by atoms with Gasteiger partial charge in [-0.05, 0) is 30.3 Å². The molecule has 9 heteroatoms. The van der Waals surface area contributed by atoms with Crippen molar-refractivity contribution in [3.63, 3.8) is 0 Å². The molecular weight excluding hydrogens is 357 g/mol. The highest BCUT2D eigenvalue weighted by molar-refractivity contribution is 7.13. The Bertz CT molecular complexity index is 917. The van der Waals surface area contributed by atoms with E-state index in [4.69, 9.17) is 4.74 Å². The summed E-state index contributed by atoms with van der Waals surface area (Å²) in [4.78, 5) is 16.4.